The summed E-state index contributed by atoms with van der Waals surface area (Å²) >= 11 is 0. The molecule has 0 spiro atoms. The monoisotopic (exact) mass is 221 g/mol. The van der Waals surface area contributed by atoms with Gasteiger partial charge < -0.3 is 0 Å². The van der Waals surface area contributed by atoms with Gasteiger partial charge in [0.25, 0.3) is 0 Å². The van der Waals surface area contributed by atoms with Crippen LogP contribution in [0.2, 0.25) is 0 Å². The Bertz CT molecular complexity index is 165. The van der Waals surface area contributed by atoms with E-state index in [1.165, 1.54) is 57.8 Å². The Morgan fingerprint density at radius 3 is 1.81 bits per heavy atom. The Morgan fingerprint density at radius 1 is 0.688 bits per heavy atom. The molecular formula is C16H29. The molecule has 1 radical (unpaired) electrons. The van der Waals surface area contributed by atoms with Crippen molar-refractivity contribution in [3.8, 4) is 0 Å². The number of allylic oxidation sites excluding steroid dienone is 4. The Balaban J connectivity index is 3.09. The smallest absolute Gasteiger partial charge is 0.0348 e. The van der Waals surface area contributed by atoms with Gasteiger partial charge in [-0.2, -0.15) is 0 Å². The third kappa shape index (κ3) is 13.5. The predicted molar refractivity (Wildman–Crippen MR) is 75.5 cm³/mol. The largest absolute Gasteiger partial charge is 0.0885 e. The van der Waals surface area contributed by atoms with Gasteiger partial charge in [-0.15, -0.1) is 0 Å². The molecule has 0 aromatic heterocycles. The van der Waals surface area contributed by atoms with Gasteiger partial charge in [0.15, 0.2) is 0 Å². The quantitative estimate of drug-likeness (QED) is 0.303. The minimum Gasteiger partial charge on any atom is -0.0885 e. The Hall–Kier alpha value is -0.520. The number of hydrogen-bond acceptors (Lipinski definition) is 0. The minimum absolute atomic E-state index is 1.09. The first-order valence-corrected chi connectivity index (χ1v) is 7.01. The lowest BCUT2D eigenvalue weighted by Crippen LogP contribution is -1.74. The molecule has 0 aliphatic heterocycles. The first kappa shape index (κ1) is 15.5. The molecule has 0 aliphatic rings. The highest BCUT2D eigenvalue weighted by Crippen LogP contribution is 2.04. The molecule has 16 heavy (non-hydrogen) atoms. The van der Waals surface area contributed by atoms with Crippen molar-refractivity contribution in [2.45, 2.75) is 71.1 Å². The van der Waals surface area contributed by atoms with E-state index in [1.54, 1.807) is 0 Å². The second-order valence-corrected chi connectivity index (χ2v) is 4.37. The van der Waals surface area contributed by atoms with Gasteiger partial charge in [0.2, 0.25) is 0 Å². The highest BCUT2D eigenvalue weighted by Gasteiger charge is 1.84. The zero-order valence-corrected chi connectivity index (χ0v) is 11.1. The molecule has 0 heteroatoms. The van der Waals surface area contributed by atoms with E-state index in [0.717, 1.165) is 6.42 Å². The Labute approximate surface area is 103 Å². The summed E-state index contributed by atoms with van der Waals surface area (Å²) in [5.41, 5.74) is 0. The van der Waals surface area contributed by atoms with Crippen LogP contribution >= 0.6 is 0 Å². The normalized spacial score (nSPS) is 11.9. The highest BCUT2D eigenvalue weighted by atomic mass is 13.9. The van der Waals surface area contributed by atoms with Crippen LogP contribution in [0, 0.1) is 6.92 Å². The fourth-order valence-corrected chi connectivity index (χ4v) is 1.61. The van der Waals surface area contributed by atoms with Crippen molar-refractivity contribution in [3.63, 3.8) is 0 Å². The van der Waals surface area contributed by atoms with Crippen LogP contribution in [0.4, 0.5) is 0 Å². The molecule has 0 amide bonds. The van der Waals surface area contributed by atoms with Crippen LogP contribution in [0.1, 0.15) is 71.1 Å². The Kier molecular flexibility index (Phi) is 14.0. The molecule has 0 saturated carbocycles. The maximum Gasteiger partial charge on any atom is -0.0348 e. The molecule has 0 N–H and O–H groups in total. The molecule has 0 nitrogen and oxygen atoms in total. The number of rotatable bonds is 11. The molecule has 93 valence electrons. The summed E-state index contributed by atoms with van der Waals surface area (Å²) in [6.07, 6.45) is 21.9. The van der Waals surface area contributed by atoms with Crippen LogP contribution in [0.5, 0.6) is 0 Å². The molecule has 0 unspecified atom stereocenters. The fourth-order valence-electron chi connectivity index (χ4n) is 1.61. The van der Waals surface area contributed by atoms with Gasteiger partial charge in [-0.05, 0) is 38.5 Å². The van der Waals surface area contributed by atoms with Gasteiger partial charge >= 0.3 is 0 Å². The standard InChI is InChI=1S/C16H29/c1-3-5-7-9-11-13-15-16-14-12-10-8-6-4-2/h8,10,13,15H,1,3-7,9,11-12,14,16H2,2H3. The summed E-state index contributed by atoms with van der Waals surface area (Å²) < 4.78 is 0. The van der Waals surface area contributed by atoms with Crippen molar-refractivity contribution in [2.75, 3.05) is 0 Å². The molecule has 0 atom stereocenters. The molecule has 0 saturated heterocycles. The summed E-state index contributed by atoms with van der Waals surface area (Å²) in [4.78, 5) is 0. The third-order valence-corrected chi connectivity index (χ3v) is 2.65. The second-order valence-electron chi connectivity index (χ2n) is 4.37. The highest BCUT2D eigenvalue weighted by molar-refractivity contribution is 4.85. The summed E-state index contributed by atoms with van der Waals surface area (Å²) in [7, 11) is 0. The van der Waals surface area contributed by atoms with E-state index >= 15 is 0 Å². The van der Waals surface area contributed by atoms with Gasteiger partial charge in [-0.3, -0.25) is 0 Å². The topological polar surface area (TPSA) is 0 Å². The first-order valence-electron chi connectivity index (χ1n) is 7.01. The average molecular weight is 221 g/mol. The van der Waals surface area contributed by atoms with E-state index in [0.29, 0.717) is 0 Å². The van der Waals surface area contributed by atoms with Crippen LogP contribution in [0.25, 0.3) is 0 Å². The maximum atomic E-state index is 3.85. The molecule has 0 bridgehead atoms. The van der Waals surface area contributed by atoms with Gasteiger partial charge in [-0.25, -0.2) is 0 Å². The zero-order chi connectivity index (χ0) is 11.9. The van der Waals surface area contributed by atoms with E-state index in [4.69, 9.17) is 0 Å². The fraction of sp³-hybridized carbons (Fsp3) is 0.688. The summed E-state index contributed by atoms with van der Waals surface area (Å²) in [5, 5.41) is 0. The molecule has 0 aliphatic carbocycles. The van der Waals surface area contributed by atoms with E-state index < -0.39 is 0 Å². The zero-order valence-electron chi connectivity index (χ0n) is 11.1. The van der Waals surface area contributed by atoms with Gasteiger partial charge in [0, 0.05) is 0 Å². The third-order valence-electron chi connectivity index (χ3n) is 2.65. The van der Waals surface area contributed by atoms with Crippen LogP contribution in [-0.2, 0) is 0 Å². The molecule has 0 aromatic rings. The summed E-state index contributed by atoms with van der Waals surface area (Å²) in [5.74, 6) is 0. The average Bonchev–Trinajstić information content (AvgIpc) is 2.31. The lowest BCUT2D eigenvalue weighted by molar-refractivity contribution is 0.693. The number of hydrogen-bond donors (Lipinski definition) is 0. The SMILES string of the molecule is [CH2]CCCCCC=CCCCC=CCCC. The van der Waals surface area contributed by atoms with Crippen LogP contribution in [0.15, 0.2) is 24.3 Å². The van der Waals surface area contributed by atoms with Crippen molar-refractivity contribution in [1.82, 2.24) is 0 Å². The predicted octanol–water partition coefficient (Wildman–Crippen LogP) is 5.85. The summed E-state index contributed by atoms with van der Waals surface area (Å²) in [6.45, 7) is 6.07. The second kappa shape index (κ2) is 14.5. The van der Waals surface area contributed by atoms with Crippen LogP contribution < -0.4 is 0 Å². The number of unbranched alkanes of at least 4 members (excludes halogenated alkanes) is 7. The van der Waals surface area contributed by atoms with Gasteiger partial charge in [0.1, 0.15) is 0 Å². The van der Waals surface area contributed by atoms with E-state index in [-0.39, 0.29) is 0 Å². The molecular weight excluding hydrogens is 192 g/mol. The first-order chi connectivity index (χ1) is 7.91. The van der Waals surface area contributed by atoms with Crippen molar-refractivity contribution in [1.29, 1.82) is 0 Å². The summed E-state index contributed by atoms with van der Waals surface area (Å²) in [6, 6.07) is 0. The molecule has 0 rings (SSSR count). The molecule has 0 heterocycles. The van der Waals surface area contributed by atoms with E-state index in [2.05, 4.69) is 38.2 Å². The molecule has 0 fully saturated rings. The van der Waals surface area contributed by atoms with Crippen molar-refractivity contribution < 1.29 is 0 Å². The van der Waals surface area contributed by atoms with Crippen LogP contribution in [-0.4, -0.2) is 0 Å². The van der Waals surface area contributed by atoms with Gasteiger partial charge in [-0.1, -0.05) is 63.8 Å². The van der Waals surface area contributed by atoms with E-state index in [1.807, 2.05) is 0 Å². The lowest BCUT2D eigenvalue weighted by atomic mass is 10.1. The van der Waals surface area contributed by atoms with Crippen molar-refractivity contribution >= 4 is 0 Å². The Morgan fingerprint density at radius 2 is 1.25 bits per heavy atom. The lowest BCUT2D eigenvalue weighted by Gasteiger charge is -1.94. The van der Waals surface area contributed by atoms with Crippen molar-refractivity contribution in [3.05, 3.63) is 31.2 Å². The van der Waals surface area contributed by atoms with Crippen LogP contribution in [0.3, 0.4) is 0 Å². The van der Waals surface area contributed by atoms with Gasteiger partial charge in [0.05, 0.1) is 0 Å². The minimum atomic E-state index is 1.09. The molecule has 0 aromatic carbocycles. The van der Waals surface area contributed by atoms with Crippen molar-refractivity contribution in [2.24, 2.45) is 0 Å². The maximum absolute atomic E-state index is 3.85. The van der Waals surface area contributed by atoms with E-state index in [9.17, 15) is 0 Å².